The van der Waals surface area contributed by atoms with Crippen molar-refractivity contribution in [2.24, 2.45) is 23.7 Å². The van der Waals surface area contributed by atoms with E-state index in [4.69, 9.17) is 18.9 Å². The predicted octanol–water partition coefficient (Wildman–Crippen LogP) is 17.4. The van der Waals surface area contributed by atoms with Gasteiger partial charge in [0.15, 0.2) is 13.2 Å². The lowest BCUT2D eigenvalue weighted by Crippen LogP contribution is -2.30. The van der Waals surface area contributed by atoms with E-state index < -0.39 is 0 Å². The van der Waals surface area contributed by atoms with E-state index in [1.54, 1.807) is 0 Å². The minimum Gasteiger partial charge on any atom is -0.481 e. The van der Waals surface area contributed by atoms with Crippen molar-refractivity contribution in [3.63, 3.8) is 0 Å². The minimum absolute atomic E-state index is 0.132. The van der Waals surface area contributed by atoms with Crippen molar-refractivity contribution in [2.75, 3.05) is 13.2 Å². The molecule has 0 aliphatic heterocycles. The highest BCUT2D eigenvalue weighted by Gasteiger charge is 2.29. The molecule has 0 N–H and O–H groups in total. The maximum atomic E-state index is 13.4. The molecule has 2 aliphatic carbocycles. The van der Waals surface area contributed by atoms with Crippen LogP contribution >= 0.6 is 0 Å². The van der Waals surface area contributed by atoms with Crippen molar-refractivity contribution in [1.82, 2.24) is 0 Å². The maximum absolute atomic E-state index is 13.4. The van der Waals surface area contributed by atoms with Crippen molar-refractivity contribution in [1.29, 1.82) is 0 Å². The molecule has 0 bridgehead atoms. The second kappa shape index (κ2) is 31.0. The quantitative estimate of drug-likeness (QED) is 0.0344. The molecule has 2 saturated carbocycles. The molecule has 0 spiro atoms. The highest BCUT2D eigenvalue weighted by molar-refractivity contribution is 6.11. The topological polar surface area (TPSA) is 71.1 Å². The molecule has 6 nitrogen and oxygen atoms in total. The zero-order valence-corrected chi connectivity index (χ0v) is 42.8. The first kappa shape index (κ1) is 53.7. The van der Waals surface area contributed by atoms with Gasteiger partial charge in [-0.1, -0.05) is 224 Å². The molecule has 0 aromatic heterocycles. The van der Waals surface area contributed by atoms with Crippen LogP contribution in [0.1, 0.15) is 233 Å². The summed E-state index contributed by atoms with van der Waals surface area (Å²) >= 11 is 0. The fraction of sp³-hybridized carbons (Fsp3) is 0.733. The van der Waals surface area contributed by atoms with Crippen molar-refractivity contribution >= 4 is 33.5 Å². The number of aryl methyl sites for hydroxylation is 1. The molecule has 66 heavy (non-hydrogen) atoms. The SMILES string of the molecule is CCCCCCCCCCCCC1CCC(C(C)OC(=O)COc2c3ccccc3c(OCC(=O)OC(C)C3CCC(CCCCCCCCCCCC)CC3)c3cc(CC)ccc23)CC1. The highest BCUT2D eigenvalue weighted by atomic mass is 16.6. The van der Waals surface area contributed by atoms with Crippen molar-refractivity contribution in [3.05, 3.63) is 48.0 Å². The van der Waals surface area contributed by atoms with E-state index in [9.17, 15) is 9.59 Å². The lowest BCUT2D eigenvalue weighted by atomic mass is 9.78. The number of hydrogen-bond acceptors (Lipinski definition) is 6. The number of benzene rings is 3. The first-order chi connectivity index (χ1) is 32.3. The van der Waals surface area contributed by atoms with E-state index in [1.165, 1.54) is 167 Å². The second-order valence-corrected chi connectivity index (χ2v) is 20.9. The summed E-state index contributed by atoms with van der Waals surface area (Å²) in [4.78, 5) is 26.8. The number of rotatable bonds is 33. The average Bonchev–Trinajstić information content (AvgIpc) is 3.33. The number of unbranched alkanes of at least 4 members (excludes halogenated alkanes) is 18. The van der Waals surface area contributed by atoms with Gasteiger partial charge in [0.1, 0.15) is 23.7 Å². The van der Waals surface area contributed by atoms with Gasteiger partial charge in [-0.05, 0) is 81.3 Å². The van der Waals surface area contributed by atoms with Gasteiger partial charge in [-0.3, -0.25) is 0 Å². The molecular formula is C60H94O6. The number of carbonyl (C=O) groups excluding carboxylic acids is 2. The Kier molecular flexibility index (Phi) is 25.2. The summed E-state index contributed by atoms with van der Waals surface area (Å²) < 4.78 is 25.0. The third-order valence-electron chi connectivity index (χ3n) is 15.7. The van der Waals surface area contributed by atoms with Gasteiger partial charge in [-0.2, -0.15) is 0 Å². The Morgan fingerprint density at radius 2 is 0.833 bits per heavy atom. The van der Waals surface area contributed by atoms with Crippen LogP contribution in [0.4, 0.5) is 0 Å². The van der Waals surface area contributed by atoms with E-state index >= 15 is 0 Å². The zero-order valence-electron chi connectivity index (χ0n) is 42.8. The van der Waals surface area contributed by atoms with Crippen LogP contribution in [0, 0.1) is 23.7 Å². The molecular weight excluding hydrogens is 817 g/mol. The van der Waals surface area contributed by atoms with E-state index in [1.807, 2.05) is 24.3 Å². The van der Waals surface area contributed by atoms with Gasteiger partial charge in [0.05, 0.1) is 0 Å². The van der Waals surface area contributed by atoms with Crippen LogP contribution < -0.4 is 9.47 Å². The van der Waals surface area contributed by atoms with Crippen LogP contribution in [-0.2, 0) is 25.5 Å². The molecule has 2 unspecified atom stereocenters. The summed E-state index contributed by atoms with van der Waals surface area (Å²) in [5.74, 6) is 3.03. The third kappa shape index (κ3) is 18.3. The summed E-state index contributed by atoms with van der Waals surface area (Å²) in [6, 6.07) is 14.2. The number of esters is 2. The van der Waals surface area contributed by atoms with Crippen LogP contribution in [0.25, 0.3) is 21.5 Å². The van der Waals surface area contributed by atoms with Gasteiger partial charge in [0, 0.05) is 21.5 Å². The maximum Gasteiger partial charge on any atom is 0.344 e. The Morgan fingerprint density at radius 3 is 1.23 bits per heavy atom. The molecule has 2 atom stereocenters. The number of fused-ring (bicyclic) bond motifs is 2. The number of hydrogen-bond donors (Lipinski definition) is 0. The van der Waals surface area contributed by atoms with Crippen molar-refractivity contribution < 1.29 is 28.5 Å². The Labute approximate surface area is 402 Å². The normalized spacial score (nSPS) is 19.7. The predicted molar refractivity (Wildman–Crippen MR) is 277 cm³/mol. The Morgan fingerprint density at radius 1 is 0.470 bits per heavy atom. The monoisotopic (exact) mass is 911 g/mol. The molecule has 5 rings (SSSR count). The van der Waals surface area contributed by atoms with E-state index in [-0.39, 0.29) is 37.4 Å². The fourth-order valence-electron chi connectivity index (χ4n) is 11.3. The largest absolute Gasteiger partial charge is 0.481 e. The summed E-state index contributed by atoms with van der Waals surface area (Å²) in [7, 11) is 0. The van der Waals surface area contributed by atoms with Gasteiger partial charge in [0.25, 0.3) is 0 Å². The lowest BCUT2D eigenvalue weighted by molar-refractivity contribution is -0.154. The van der Waals surface area contributed by atoms with Crippen LogP contribution in [0.2, 0.25) is 0 Å². The Balaban J connectivity index is 1.05. The van der Waals surface area contributed by atoms with Crippen LogP contribution in [-0.4, -0.2) is 37.4 Å². The molecule has 2 aliphatic rings. The van der Waals surface area contributed by atoms with Gasteiger partial charge in [-0.25, -0.2) is 9.59 Å². The lowest BCUT2D eigenvalue weighted by Gasteiger charge is -2.32. The molecule has 0 heterocycles. The van der Waals surface area contributed by atoms with Gasteiger partial charge >= 0.3 is 11.9 Å². The average molecular weight is 911 g/mol. The zero-order chi connectivity index (χ0) is 46.8. The van der Waals surface area contributed by atoms with Crippen LogP contribution in [0.15, 0.2) is 42.5 Å². The van der Waals surface area contributed by atoms with Crippen molar-refractivity contribution in [3.8, 4) is 11.5 Å². The molecule has 0 radical (unpaired) electrons. The summed E-state index contributed by atoms with van der Waals surface area (Å²) in [5.41, 5.74) is 1.15. The van der Waals surface area contributed by atoms with Gasteiger partial charge < -0.3 is 18.9 Å². The smallest absolute Gasteiger partial charge is 0.344 e. The molecule has 0 saturated heterocycles. The van der Waals surface area contributed by atoms with Gasteiger partial charge in [-0.15, -0.1) is 0 Å². The Hall–Kier alpha value is -3.28. The van der Waals surface area contributed by atoms with Crippen LogP contribution in [0.5, 0.6) is 11.5 Å². The third-order valence-corrected chi connectivity index (χ3v) is 15.7. The first-order valence-electron chi connectivity index (χ1n) is 27.9. The number of ether oxygens (including phenoxy) is 4. The number of carbonyl (C=O) groups is 2. The van der Waals surface area contributed by atoms with E-state index in [0.29, 0.717) is 23.3 Å². The summed E-state index contributed by atoms with van der Waals surface area (Å²) in [5, 5.41) is 3.38. The molecule has 0 amide bonds. The summed E-state index contributed by atoms with van der Waals surface area (Å²) in [6.45, 7) is 10.5. The molecule has 3 aromatic rings. The van der Waals surface area contributed by atoms with Crippen molar-refractivity contribution in [2.45, 2.75) is 246 Å². The van der Waals surface area contributed by atoms with Gasteiger partial charge in [0.2, 0.25) is 0 Å². The minimum atomic E-state index is -0.336. The standard InChI is InChI=1S/C60H94O6/c1-6-9-11-13-15-17-19-21-23-25-29-49-33-38-51(39-34-49)46(4)65-57(61)44-63-59-53-31-27-28-32-54(53)60(56-43-48(8-3)37-42-55(56)59)64-45-58(62)66-47(5)52-40-35-50(36-41-52)30-26-24-22-20-18-16-14-12-10-7-2/h27-28,31-32,37,42-43,46-47,49-52H,6-26,29-30,33-36,38-41,44-45H2,1-5H3. The second-order valence-electron chi connectivity index (χ2n) is 20.9. The molecule has 2 fully saturated rings. The first-order valence-corrected chi connectivity index (χ1v) is 27.9. The van der Waals surface area contributed by atoms with E-state index in [2.05, 4.69) is 52.8 Å². The molecule has 6 heteroatoms. The fourth-order valence-corrected chi connectivity index (χ4v) is 11.3. The highest BCUT2D eigenvalue weighted by Crippen LogP contribution is 2.44. The van der Waals surface area contributed by atoms with E-state index in [0.717, 1.165) is 71.0 Å². The molecule has 370 valence electrons. The molecule has 3 aromatic carbocycles. The Bertz CT molecular complexity index is 1800. The summed E-state index contributed by atoms with van der Waals surface area (Å²) in [6.07, 6.45) is 40.5. The van der Waals surface area contributed by atoms with Crippen LogP contribution in [0.3, 0.4) is 0 Å².